The molecule has 2 aromatic carbocycles. The molecule has 31 heavy (non-hydrogen) atoms. The summed E-state index contributed by atoms with van der Waals surface area (Å²) in [7, 11) is 0. The van der Waals surface area contributed by atoms with E-state index in [4.69, 9.17) is 10.3 Å². The minimum atomic E-state index is -1.04. The van der Waals surface area contributed by atoms with Crippen LogP contribution in [0.4, 0.5) is 5.69 Å². The molecular formula is C24H30N4O3. The lowest BCUT2D eigenvalue weighted by molar-refractivity contribution is 0.125. The van der Waals surface area contributed by atoms with Gasteiger partial charge in [0, 0.05) is 29.9 Å². The van der Waals surface area contributed by atoms with Crippen molar-refractivity contribution in [3.05, 3.63) is 53.6 Å². The summed E-state index contributed by atoms with van der Waals surface area (Å²) in [6.07, 6.45) is 1.85. The molecule has 0 fully saturated rings. The highest BCUT2D eigenvalue weighted by molar-refractivity contribution is 5.73. The van der Waals surface area contributed by atoms with Gasteiger partial charge in [0.25, 0.3) is 5.89 Å². The second-order valence-electron chi connectivity index (χ2n) is 8.87. The lowest BCUT2D eigenvalue weighted by atomic mass is 10.0. The normalized spacial score (nSPS) is 13.8. The molecule has 1 aliphatic rings. The molecule has 0 saturated carbocycles. The van der Waals surface area contributed by atoms with E-state index in [9.17, 15) is 10.2 Å². The van der Waals surface area contributed by atoms with Crippen molar-refractivity contribution in [2.75, 3.05) is 31.2 Å². The number of hydrogen-bond donors (Lipinski definition) is 3. The molecule has 4 N–H and O–H groups in total. The highest BCUT2D eigenvalue weighted by Gasteiger charge is 2.31. The van der Waals surface area contributed by atoms with Gasteiger partial charge in [0.05, 0.1) is 18.8 Å². The van der Waals surface area contributed by atoms with Gasteiger partial charge in [0.15, 0.2) is 0 Å². The van der Waals surface area contributed by atoms with E-state index in [2.05, 4.69) is 41.0 Å². The van der Waals surface area contributed by atoms with Crippen LogP contribution in [0.2, 0.25) is 0 Å². The average Bonchev–Trinajstić information content (AvgIpc) is 3.41. The van der Waals surface area contributed by atoms with E-state index < -0.39 is 5.54 Å². The molecule has 3 aromatic rings. The third kappa shape index (κ3) is 4.49. The number of rotatable bonds is 8. The van der Waals surface area contributed by atoms with E-state index in [0.29, 0.717) is 24.2 Å². The number of aliphatic hydroxyl groups is 2. The number of aromatic nitrogens is 2. The van der Waals surface area contributed by atoms with Gasteiger partial charge in [-0.25, -0.2) is 0 Å². The van der Waals surface area contributed by atoms with Gasteiger partial charge in [0.1, 0.15) is 0 Å². The quantitative estimate of drug-likeness (QED) is 0.512. The van der Waals surface area contributed by atoms with Crippen LogP contribution in [-0.2, 0) is 12.8 Å². The maximum absolute atomic E-state index is 9.55. The fourth-order valence-electron chi connectivity index (χ4n) is 4.11. The molecular weight excluding hydrogens is 392 g/mol. The average molecular weight is 423 g/mol. The maximum atomic E-state index is 9.55. The molecule has 0 aliphatic carbocycles. The Bertz CT molecular complexity index is 1030. The molecule has 0 saturated heterocycles. The third-order valence-corrected chi connectivity index (χ3v) is 5.77. The van der Waals surface area contributed by atoms with Crippen LogP contribution in [0.25, 0.3) is 22.8 Å². The second kappa shape index (κ2) is 8.78. The monoisotopic (exact) mass is 422 g/mol. The molecule has 1 aromatic heterocycles. The summed E-state index contributed by atoms with van der Waals surface area (Å²) in [6, 6.07) is 14.2. The minimum Gasteiger partial charge on any atom is -0.394 e. The summed E-state index contributed by atoms with van der Waals surface area (Å²) in [6.45, 7) is 4.99. The van der Waals surface area contributed by atoms with Gasteiger partial charge in [0.2, 0.25) is 5.82 Å². The van der Waals surface area contributed by atoms with E-state index in [1.807, 2.05) is 30.3 Å². The summed E-state index contributed by atoms with van der Waals surface area (Å²) in [4.78, 5) is 6.75. The zero-order valence-electron chi connectivity index (χ0n) is 18.1. The van der Waals surface area contributed by atoms with E-state index >= 15 is 0 Å². The number of aliphatic hydroxyl groups excluding tert-OH is 2. The zero-order chi connectivity index (χ0) is 22.0. The van der Waals surface area contributed by atoms with Gasteiger partial charge in [-0.05, 0) is 48.1 Å². The lowest BCUT2D eigenvalue weighted by Gasteiger charge is -2.31. The number of nitrogens with zero attached hydrogens (tertiary/aromatic N) is 3. The second-order valence-corrected chi connectivity index (χ2v) is 8.87. The topological polar surface area (TPSA) is 109 Å². The molecule has 4 rings (SSSR count). The van der Waals surface area contributed by atoms with Crippen molar-refractivity contribution in [1.29, 1.82) is 0 Å². The predicted molar refractivity (Wildman–Crippen MR) is 121 cm³/mol. The third-order valence-electron chi connectivity index (χ3n) is 5.77. The molecule has 0 unspecified atom stereocenters. The number of anilines is 1. The van der Waals surface area contributed by atoms with Gasteiger partial charge in [-0.1, -0.05) is 43.3 Å². The summed E-state index contributed by atoms with van der Waals surface area (Å²) < 4.78 is 5.57. The van der Waals surface area contributed by atoms with Gasteiger partial charge in [-0.3, -0.25) is 0 Å². The van der Waals surface area contributed by atoms with Crippen LogP contribution in [0, 0.1) is 5.92 Å². The molecule has 0 spiro atoms. The number of benzene rings is 2. The smallest absolute Gasteiger partial charge is 0.258 e. The van der Waals surface area contributed by atoms with Crippen LogP contribution in [0.5, 0.6) is 0 Å². The van der Waals surface area contributed by atoms with Gasteiger partial charge in [-0.2, -0.15) is 4.98 Å². The van der Waals surface area contributed by atoms with Crippen molar-refractivity contribution in [2.45, 2.75) is 32.2 Å². The van der Waals surface area contributed by atoms with Crippen molar-refractivity contribution in [2.24, 2.45) is 11.7 Å². The van der Waals surface area contributed by atoms with E-state index in [-0.39, 0.29) is 13.2 Å². The summed E-state index contributed by atoms with van der Waals surface area (Å²) in [5.74, 6) is 1.67. The Hall–Kier alpha value is -2.74. The molecule has 0 amide bonds. The fourth-order valence-corrected chi connectivity index (χ4v) is 4.11. The van der Waals surface area contributed by atoms with E-state index in [1.54, 1.807) is 0 Å². The Kier molecular flexibility index (Phi) is 6.09. The van der Waals surface area contributed by atoms with Crippen molar-refractivity contribution >= 4 is 5.69 Å². The largest absolute Gasteiger partial charge is 0.394 e. The van der Waals surface area contributed by atoms with Crippen LogP contribution in [0.1, 0.15) is 25.0 Å². The molecule has 0 atom stereocenters. The highest BCUT2D eigenvalue weighted by Crippen LogP contribution is 2.36. The summed E-state index contributed by atoms with van der Waals surface area (Å²) >= 11 is 0. The first-order valence-corrected chi connectivity index (χ1v) is 10.7. The van der Waals surface area contributed by atoms with Crippen molar-refractivity contribution in [3.63, 3.8) is 0 Å². The van der Waals surface area contributed by atoms with Crippen molar-refractivity contribution < 1.29 is 14.7 Å². The fraction of sp³-hybridized carbons (Fsp3) is 0.417. The molecule has 0 bridgehead atoms. The van der Waals surface area contributed by atoms with Gasteiger partial charge in [-0.15, -0.1) is 0 Å². The molecule has 7 nitrogen and oxygen atoms in total. The number of nitrogens with two attached hydrogens (primary N) is 1. The van der Waals surface area contributed by atoms with Crippen LogP contribution in [-0.4, -0.2) is 52.2 Å². The lowest BCUT2D eigenvalue weighted by Crippen LogP contribution is -2.55. The van der Waals surface area contributed by atoms with Crippen LogP contribution >= 0.6 is 0 Å². The first-order chi connectivity index (χ1) is 14.9. The minimum absolute atomic E-state index is 0.279. The molecule has 1 aliphatic heterocycles. The van der Waals surface area contributed by atoms with Gasteiger partial charge < -0.3 is 25.4 Å². The Balaban J connectivity index is 1.58. The highest BCUT2D eigenvalue weighted by atomic mass is 16.5. The first kappa shape index (κ1) is 21.5. The Morgan fingerprint density at radius 2 is 1.87 bits per heavy atom. The van der Waals surface area contributed by atoms with Crippen LogP contribution in [0.3, 0.4) is 0 Å². The van der Waals surface area contributed by atoms with Crippen LogP contribution in [0.15, 0.2) is 47.0 Å². The van der Waals surface area contributed by atoms with Crippen molar-refractivity contribution in [1.82, 2.24) is 10.1 Å². The van der Waals surface area contributed by atoms with E-state index in [1.165, 1.54) is 5.56 Å². The summed E-state index contributed by atoms with van der Waals surface area (Å²) in [5, 5.41) is 23.3. The molecule has 164 valence electrons. The maximum Gasteiger partial charge on any atom is 0.258 e. The molecule has 0 radical (unpaired) electrons. The SMILES string of the molecule is CC(C)Cc1ccc(-c2nc(-c3cccc4c3CCN4CC(N)(CO)CO)no2)cc1. The number of fused-ring (bicyclic) bond motifs is 1. The zero-order valence-corrected chi connectivity index (χ0v) is 18.1. The Labute approximate surface area is 182 Å². The van der Waals surface area contributed by atoms with E-state index in [0.717, 1.165) is 41.8 Å². The van der Waals surface area contributed by atoms with Crippen LogP contribution < -0.4 is 10.6 Å². The molecule has 2 heterocycles. The standard InChI is InChI=1S/C24H30N4O3/c1-16(2)12-17-6-8-18(9-7-17)23-26-22(27-31-23)20-4-3-5-21-19(20)10-11-28(21)13-24(25,14-29)15-30/h3-9,16,29-30H,10-15,25H2,1-2H3. The van der Waals surface area contributed by atoms with Crippen molar-refractivity contribution in [3.8, 4) is 22.8 Å². The summed E-state index contributed by atoms with van der Waals surface area (Å²) in [5.41, 5.74) is 10.3. The predicted octanol–water partition coefficient (Wildman–Crippen LogP) is 2.65. The Morgan fingerprint density at radius 3 is 2.55 bits per heavy atom. The Morgan fingerprint density at radius 1 is 1.13 bits per heavy atom. The van der Waals surface area contributed by atoms with Gasteiger partial charge >= 0.3 is 0 Å². The molecule has 7 heteroatoms. The first-order valence-electron chi connectivity index (χ1n) is 10.7. The number of hydrogen-bond acceptors (Lipinski definition) is 7.